The molecule has 0 N–H and O–H groups in total. The first-order valence-corrected chi connectivity index (χ1v) is 8.55. The molecule has 1 amide bonds. The van der Waals surface area contributed by atoms with Gasteiger partial charge in [0.15, 0.2) is 0 Å². The maximum atomic E-state index is 12.6. The molecular weight excluding hydrogens is 302 g/mol. The number of aryl methyl sites for hydroxylation is 2. The summed E-state index contributed by atoms with van der Waals surface area (Å²) in [6.45, 7) is 4.92. The van der Waals surface area contributed by atoms with Crippen molar-refractivity contribution in [2.24, 2.45) is 13.0 Å². The molecule has 1 aromatic heterocycles. The maximum Gasteiger partial charge on any atom is 0.272 e. The van der Waals surface area contributed by atoms with Crippen LogP contribution in [0.4, 0.5) is 0 Å². The average Bonchev–Trinajstić information content (AvgIpc) is 2.94. The summed E-state index contributed by atoms with van der Waals surface area (Å²) < 4.78 is 7.52. The fourth-order valence-electron chi connectivity index (χ4n) is 3.19. The summed E-state index contributed by atoms with van der Waals surface area (Å²) in [6, 6.07) is 12.1. The van der Waals surface area contributed by atoms with E-state index < -0.39 is 0 Å². The largest absolute Gasteiger partial charge is 0.376 e. The number of carbonyl (C=O) groups excluding carboxylic acids is 1. The van der Waals surface area contributed by atoms with E-state index in [1.807, 2.05) is 43.1 Å². The van der Waals surface area contributed by atoms with Crippen LogP contribution >= 0.6 is 0 Å². The van der Waals surface area contributed by atoms with Gasteiger partial charge in [-0.25, -0.2) is 0 Å². The second-order valence-corrected chi connectivity index (χ2v) is 6.53. The van der Waals surface area contributed by atoms with Gasteiger partial charge in [-0.1, -0.05) is 30.3 Å². The van der Waals surface area contributed by atoms with Crippen molar-refractivity contribution < 1.29 is 9.53 Å². The Morgan fingerprint density at radius 2 is 1.96 bits per heavy atom. The molecule has 5 nitrogen and oxygen atoms in total. The molecule has 0 aliphatic carbocycles. The van der Waals surface area contributed by atoms with Crippen molar-refractivity contribution in [3.8, 4) is 0 Å². The first kappa shape index (κ1) is 16.7. The summed E-state index contributed by atoms with van der Waals surface area (Å²) >= 11 is 0. The van der Waals surface area contributed by atoms with Crippen molar-refractivity contribution in [3.63, 3.8) is 0 Å². The highest BCUT2D eigenvalue weighted by atomic mass is 16.5. The van der Waals surface area contributed by atoms with E-state index in [0.717, 1.165) is 38.2 Å². The number of nitrogens with zero attached hydrogens (tertiary/aromatic N) is 3. The lowest BCUT2D eigenvalue weighted by Crippen LogP contribution is -2.40. The third-order valence-electron chi connectivity index (χ3n) is 4.59. The first-order chi connectivity index (χ1) is 11.6. The molecule has 3 rings (SSSR count). The van der Waals surface area contributed by atoms with Crippen molar-refractivity contribution in [2.45, 2.75) is 26.4 Å². The van der Waals surface area contributed by atoms with Crippen LogP contribution in [-0.4, -0.2) is 40.3 Å². The fraction of sp³-hybridized carbons (Fsp3) is 0.474. The fourth-order valence-corrected chi connectivity index (χ4v) is 3.19. The van der Waals surface area contributed by atoms with Gasteiger partial charge in [-0.3, -0.25) is 9.48 Å². The van der Waals surface area contributed by atoms with Crippen LogP contribution in [0.1, 0.15) is 34.6 Å². The summed E-state index contributed by atoms with van der Waals surface area (Å²) in [5, 5.41) is 4.26. The lowest BCUT2D eigenvalue weighted by molar-refractivity contribution is 0.0472. The molecule has 0 spiro atoms. The van der Waals surface area contributed by atoms with Gasteiger partial charge in [0.2, 0.25) is 0 Å². The number of hydrogen-bond donors (Lipinski definition) is 0. The zero-order valence-corrected chi connectivity index (χ0v) is 14.4. The molecule has 0 saturated carbocycles. The Kier molecular flexibility index (Phi) is 5.30. The van der Waals surface area contributed by atoms with Crippen LogP contribution in [0.15, 0.2) is 36.4 Å². The number of benzene rings is 1. The number of amides is 1. The standard InChI is InChI=1S/C19H25N3O2/c1-15-12-18(21(2)20-15)19(23)22-10-8-17(9-11-22)14-24-13-16-6-4-3-5-7-16/h3-7,12,17H,8-11,13-14H2,1-2H3. The first-order valence-electron chi connectivity index (χ1n) is 8.55. The van der Waals surface area contributed by atoms with E-state index in [-0.39, 0.29) is 5.91 Å². The molecule has 1 aliphatic heterocycles. The van der Waals surface area contributed by atoms with Gasteiger partial charge in [-0.15, -0.1) is 0 Å². The zero-order valence-electron chi connectivity index (χ0n) is 14.4. The highest BCUT2D eigenvalue weighted by molar-refractivity contribution is 5.92. The van der Waals surface area contributed by atoms with Gasteiger partial charge in [0.05, 0.1) is 12.3 Å². The third kappa shape index (κ3) is 4.03. The van der Waals surface area contributed by atoms with E-state index in [9.17, 15) is 4.79 Å². The minimum absolute atomic E-state index is 0.0850. The summed E-state index contributed by atoms with van der Waals surface area (Å²) in [5.41, 5.74) is 2.76. The molecule has 1 fully saturated rings. The van der Waals surface area contributed by atoms with Crippen LogP contribution in [-0.2, 0) is 18.4 Å². The molecule has 0 bridgehead atoms. The molecule has 0 unspecified atom stereocenters. The van der Waals surface area contributed by atoms with Gasteiger partial charge in [-0.05, 0) is 37.3 Å². The molecule has 24 heavy (non-hydrogen) atoms. The van der Waals surface area contributed by atoms with Gasteiger partial charge >= 0.3 is 0 Å². The Morgan fingerprint density at radius 1 is 1.25 bits per heavy atom. The van der Waals surface area contributed by atoms with E-state index in [1.165, 1.54) is 5.56 Å². The molecule has 1 aromatic carbocycles. The number of piperidine rings is 1. The predicted octanol–water partition coefficient (Wildman–Crippen LogP) is 2.80. The van der Waals surface area contributed by atoms with Crippen LogP contribution in [0.5, 0.6) is 0 Å². The Bertz CT molecular complexity index is 673. The topological polar surface area (TPSA) is 47.4 Å². The molecule has 0 atom stereocenters. The quantitative estimate of drug-likeness (QED) is 0.848. The van der Waals surface area contributed by atoms with E-state index in [2.05, 4.69) is 17.2 Å². The number of likely N-dealkylation sites (tertiary alicyclic amines) is 1. The summed E-state index contributed by atoms with van der Waals surface area (Å²) in [7, 11) is 1.82. The molecule has 2 heterocycles. The van der Waals surface area contributed by atoms with E-state index in [1.54, 1.807) is 4.68 Å². The lowest BCUT2D eigenvalue weighted by atomic mass is 9.97. The molecular formula is C19H25N3O2. The molecule has 1 aliphatic rings. The van der Waals surface area contributed by atoms with Crippen molar-refractivity contribution >= 4 is 5.91 Å². The van der Waals surface area contributed by atoms with Crippen molar-refractivity contribution in [1.82, 2.24) is 14.7 Å². The molecule has 0 radical (unpaired) electrons. The number of aromatic nitrogens is 2. The van der Waals surface area contributed by atoms with Crippen LogP contribution < -0.4 is 0 Å². The summed E-state index contributed by atoms with van der Waals surface area (Å²) in [6.07, 6.45) is 1.99. The predicted molar refractivity (Wildman–Crippen MR) is 92.7 cm³/mol. The number of carbonyl (C=O) groups is 1. The third-order valence-corrected chi connectivity index (χ3v) is 4.59. The molecule has 2 aromatic rings. The zero-order chi connectivity index (χ0) is 16.9. The van der Waals surface area contributed by atoms with Gasteiger partial charge in [0, 0.05) is 26.7 Å². The van der Waals surface area contributed by atoms with Crippen molar-refractivity contribution in [2.75, 3.05) is 19.7 Å². The normalized spacial score (nSPS) is 15.7. The van der Waals surface area contributed by atoms with Gasteiger partial charge in [-0.2, -0.15) is 5.10 Å². The van der Waals surface area contributed by atoms with Crippen LogP contribution in [0.2, 0.25) is 0 Å². The Morgan fingerprint density at radius 3 is 2.58 bits per heavy atom. The van der Waals surface area contributed by atoms with Crippen molar-refractivity contribution in [3.05, 3.63) is 53.3 Å². The van der Waals surface area contributed by atoms with Crippen molar-refractivity contribution in [1.29, 1.82) is 0 Å². The van der Waals surface area contributed by atoms with Gasteiger partial charge in [0.25, 0.3) is 5.91 Å². The number of hydrogen-bond acceptors (Lipinski definition) is 3. The molecule has 5 heteroatoms. The smallest absolute Gasteiger partial charge is 0.272 e. The van der Waals surface area contributed by atoms with E-state index >= 15 is 0 Å². The average molecular weight is 327 g/mol. The second kappa shape index (κ2) is 7.62. The molecule has 1 saturated heterocycles. The van der Waals surface area contributed by atoms with E-state index in [4.69, 9.17) is 4.74 Å². The summed E-state index contributed by atoms with van der Waals surface area (Å²) in [5.74, 6) is 0.618. The number of rotatable bonds is 5. The minimum atomic E-state index is 0.0850. The SMILES string of the molecule is Cc1cc(C(=O)N2CCC(COCc3ccccc3)CC2)n(C)n1. The van der Waals surface area contributed by atoms with Crippen LogP contribution in [0, 0.1) is 12.8 Å². The Hall–Kier alpha value is -2.14. The Labute approximate surface area is 143 Å². The highest BCUT2D eigenvalue weighted by Crippen LogP contribution is 2.20. The van der Waals surface area contributed by atoms with E-state index in [0.29, 0.717) is 18.2 Å². The van der Waals surface area contributed by atoms with Gasteiger partial charge in [0.1, 0.15) is 5.69 Å². The number of ether oxygens (including phenoxy) is 1. The molecule has 128 valence electrons. The maximum absolute atomic E-state index is 12.6. The minimum Gasteiger partial charge on any atom is -0.376 e. The Balaban J connectivity index is 1.44. The van der Waals surface area contributed by atoms with Crippen LogP contribution in [0.25, 0.3) is 0 Å². The monoisotopic (exact) mass is 327 g/mol. The highest BCUT2D eigenvalue weighted by Gasteiger charge is 2.25. The lowest BCUT2D eigenvalue weighted by Gasteiger charge is -2.31. The second-order valence-electron chi connectivity index (χ2n) is 6.53. The van der Waals surface area contributed by atoms with Crippen LogP contribution in [0.3, 0.4) is 0 Å². The van der Waals surface area contributed by atoms with Gasteiger partial charge < -0.3 is 9.64 Å². The summed E-state index contributed by atoms with van der Waals surface area (Å²) in [4.78, 5) is 14.5.